The van der Waals surface area contributed by atoms with Crippen LogP contribution in [-0.2, 0) is 4.79 Å². The number of hydrogen-bond donors (Lipinski definition) is 2. The minimum absolute atomic E-state index is 0.0781. The van der Waals surface area contributed by atoms with Crippen molar-refractivity contribution in [2.75, 3.05) is 13.1 Å². The maximum atomic E-state index is 12.4. The molecule has 0 spiro atoms. The van der Waals surface area contributed by atoms with Crippen molar-refractivity contribution < 1.29 is 14.7 Å². The third-order valence-electron chi connectivity index (χ3n) is 5.21. The molecule has 0 bridgehead atoms. The van der Waals surface area contributed by atoms with Crippen molar-refractivity contribution in [2.24, 2.45) is 17.8 Å². The van der Waals surface area contributed by atoms with Gasteiger partial charge in [-0.3, -0.25) is 0 Å². The van der Waals surface area contributed by atoms with Crippen LogP contribution in [0.5, 0.6) is 0 Å². The van der Waals surface area contributed by atoms with E-state index in [1.807, 2.05) is 0 Å². The number of likely N-dealkylation sites (tertiary alicyclic amines) is 1. The molecule has 2 unspecified atom stereocenters. The number of carboxylic acids is 1. The molecule has 0 aromatic heterocycles. The summed E-state index contributed by atoms with van der Waals surface area (Å²) in [5.41, 5.74) is -1.11. The molecule has 2 N–H and O–H groups in total. The Hall–Kier alpha value is -1.26. The van der Waals surface area contributed by atoms with Crippen molar-refractivity contribution in [3.8, 4) is 0 Å². The van der Waals surface area contributed by atoms with E-state index in [-0.39, 0.29) is 11.9 Å². The zero-order valence-corrected chi connectivity index (χ0v) is 13.4. The molecule has 2 atom stereocenters. The fraction of sp³-hybridized carbons (Fsp3) is 0.875. The third-order valence-corrected chi connectivity index (χ3v) is 5.21. The van der Waals surface area contributed by atoms with E-state index in [1.165, 1.54) is 0 Å². The lowest BCUT2D eigenvalue weighted by Crippen LogP contribution is -2.57. The summed E-state index contributed by atoms with van der Waals surface area (Å²) in [5.74, 6) is 0.461. The Morgan fingerprint density at radius 1 is 1.19 bits per heavy atom. The summed E-state index contributed by atoms with van der Waals surface area (Å²) in [5, 5.41) is 12.2. The highest BCUT2D eigenvalue weighted by molar-refractivity contribution is 5.86. The van der Waals surface area contributed by atoms with Crippen molar-refractivity contribution >= 4 is 12.0 Å². The van der Waals surface area contributed by atoms with E-state index in [4.69, 9.17) is 0 Å². The molecule has 2 fully saturated rings. The summed E-state index contributed by atoms with van der Waals surface area (Å²) < 4.78 is 0. The first-order valence-corrected chi connectivity index (χ1v) is 8.15. The van der Waals surface area contributed by atoms with Gasteiger partial charge in [0, 0.05) is 13.1 Å². The molecule has 1 saturated carbocycles. The van der Waals surface area contributed by atoms with Crippen LogP contribution < -0.4 is 5.32 Å². The van der Waals surface area contributed by atoms with Gasteiger partial charge in [0.1, 0.15) is 5.54 Å². The Kier molecular flexibility index (Phi) is 4.79. The highest BCUT2D eigenvalue weighted by Crippen LogP contribution is 2.40. The van der Waals surface area contributed by atoms with E-state index < -0.39 is 11.5 Å². The van der Waals surface area contributed by atoms with Crippen LogP contribution in [0.3, 0.4) is 0 Å². The maximum Gasteiger partial charge on any atom is 0.329 e. The molecule has 2 rings (SSSR count). The van der Waals surface area contributed by atoms with Crippen LogP contribution in [0.2, 0.25) is 0 Å². The van der Waals surface area contributed by atoms with E-state index in [1.54, 1.807) is 11.8 Å². The van der Waals surface area contributed by atoms with Crippen LogP contribution in [0.15, 0.2) is 0 Å². The molecular weight excluding hydrogens is 268 g/mol. The number of amides is 2. The lowest BCUT2D eigenvalue weighted by atomic mass is 9.89. The SMILES string of the molecule is CC(C)C1CCCN(C(=O)NC(C)(C(=O)O)C2CC2)CC1. The van der Waals surface area contributed by atoms with E-state index in [2.05, 4.69) is 19.2 Å². The standard InChI is InChI=1S/C16H28N2O3/c1-11(2)12-5-4-9-18(10-8-12)15(21)17-16(3,14(19)20)13-6-7-13/h11-13H,4-10H2,1-3H3,(H,17,21)(H,19,20). The molecule has 5 nitrogen and oxygen atoms in total. The van der Waals surface area contributed by atoms with Gasteiger partial charge in [-0.25, -0.2) is 9.59 Å². The smallest absolute Gasteiger partial charge is 0.329 e. The molecular formula is C16H28N2O3. The summed E-state index contributed by atoms with van der Waals surface area (Å²) in [4.78, 5) is 25.7. The zero-order chi connectivity index (χ0) is 15.6. The highest BCUT2D eigenvalue weighted by atomic mass is 16.4. The molecule has 2 amide bonds. The highest BCUT2D eigenvalue weighted by Gasteiger charge is 2.49. The number of hydrogen-bond acceptors (Lipinski definition) is 2. The second kappa shape index (κ2) is 6.24. The van der Waals surface area contributed by atoms with Crippen LogP contribution in [0.1, 0.15) is 52.9 Å². The minimum atomic E-state index is -1.11. The number of carbonyl (C=O) groups is 2. The molecule has 120 valence electrons. The predicted octanol–water partition coefficient (Wildman–Crippen LogP) is 2.71. The molecule has 1 aliphatic carbocycles. The first-order valence-electron chi connectivity index (χ1n) is 8.15. The van der Waals surface area contributed by atoms with Gasteiger partial charge in [0.15, 0.2) is 0 Å². The molecule has 1 heterocycles. The summed E-state index contributed by atoms with van der Waals surface area (Å²) in [6.07, 6.45) is 4.94. The molecule has 0 aromatic rings. The number of aliphatic carboxylic acids is 1. The number of rotatable bonds is 4. The Morgan fingerprint density at radius 2 is 1.86 bits per heavy atom. The number of urea groups is 1. The number of nitrogens with one attached hydrogen (secondary N) is 1. The summed E-state index contributed by atoms with van der Waals surface area (Å²) in [7, 11) is 0. The molecule has 0 radical (unpaired) electrons. The van der Waals surface area contributed by atoms with Gasteiger partial charge in [0.05, 0.1) is 0 Å². The van der Waals surface area contributed by atoms with Gasteiger partial charge < -0.3 is 15.3 Å². The first kappa shape index (κ1) is 16.1. The molecule has 5 heteroatoms. The average molecular weight is 296 g/mol. The monoisotopic (exact) mass is 296 g/mol. The molecule has 1 aliphatic heterocycles. The molecule has 21 heavy (non-hydrogen) atoms. The van der Waals surface area contributed by atoms with Crippen LogP contribution >= 0.6 is 0 Å². The van der Waals surface area contributed by atoms with Crippen molar-refractivity contribution in [2.45, 2.75) is 58.4 Å². The normalized spacial score (nSPS) is 26.1. The van der Waals surface area contributed by atoms with E-state index in [0.717, 1.165) is 45.2 Å². The third kappa shape index (κ3) is 3.69. The second-order valence-electron chi connectivity index (χ2n) is 7.13. The fourth-order valence-electron chi connectivity index (χ4n) is 3.28. The number of nitrogens with zero attached hydrogens (tertiary/aromatic N) is 1. The molecule has 1 saturated heterocycles. The van der Waals surface area contributed by atoms with Crippen LogP contribution in [0.4, 0.5) is 4.79 Å². The maximum absolute atomic E-state index is 12.4. The van der Waals surface area contributed by atoms with Crippen LogP contribution in [0, 0.1) is 17.8 Å². The largest absolute Gasteiger partial charge is 0.480 e. The predicted molar refractivity (Wildman–Crippen MR) is 81.0 cm³/mol. The lowest BCUT2D eigenvalue weighted by Gasteiger charge is -2.30. The number of carbonyl (C=O) groups excluding carboxylic acids is 1. The van der Waals surface area contributed by atoms with Gasteiger partial charge in [-0.05, 0) is 56.8 Å². The van der Waals surface area contributed by atoms with E-state index >= 15 is 0 Å². The second-order valence-corrected chi connectivity index (χ2v) is 7.13. The Bertz CT molecular complexity index is 406. The zero-order valence-electron chi connectivity index (χ0n) is 13.4. The van der Waals surface area contributed by atoms with Gasteiger partial charge >= 0.3 is 12.0 Å². The lowest BCUT2D eigenvalue weighted by molar-refractivity contribution is -0.144. The quantitative estimate of drug-likeness (QED) is 0.838. The Labute approximate surface area is 127 Å². The topological polar surface area (TPSA) is 69.6 Å². The number of carboxylic acid groups (broad SMARTS) is 1. The van der Waals surface area contributed by atoms with Gasteiger partial charge in [0.25, 0.3) is 0 Å². The van der Waals surface area contributed by atoms with Gasteiger partial charge in [-0.1, -0.05) is 13.8 Å². The van der Waals surface area contributed by atoms with E-state index in [0.29, 0.717) is 11.8 Å². The van der Waals surface area contributed by atoms with Crippen LogP contribution in [0.25, 0.3) is 0 Å². The molecule has 0 aromatic carbocycles. The molecule has 2 aliphatic rings. The van der Waals surface area contributed by atoms with Crippen LogP contribution in [-0.4, -0.2) is 40.6 Å². The summed E-state index contributed by atoms with van der Waals surface area (Å²) >= 11 is 0. The first-order chi connectivity index (χ1) is 9.84. The summed E-state index contributed by atoms with van der Waals surface area (Å²) in [6, 6.07) is -0.212. The van der Waals surface area contributed by atoms with Crippen molar-refractivity contribution in [1.82, 2.24) is 10.2 Å². The fourth-order valence-corrected chi connectivity index (χ4v) is 3.28. The average Bonchev–Trinajstić information content (AvgIpc) is 3.24. The van der Waals surface area contributed by atoms with Gasteiger partial charge in [-0.2, -0.15) is 0 Å². The van der Waals surface area contributed by atoms with Gasteiger partial charge in [0.2, 0.25) is 0 Å². The van der Waals surface area contributed by atoms with Gasteiger partial charge in [-0.15, -0.1) is 0 Å². The summed E-state index contributed by atoms with van der Waals surface area (Å²) in [6.45, 7) is 7.56. The minimum Gasteiger partial charge on any atom is -0.480 e. The Balaban J connectivity index is 1.95. The van der Waals surface area contributed by atoms with Crippen molar-refractivity contribution in [3.05, 3.63) is 0 Å². The Morgan fingerprint density at radius 3 is 2.38 bits per heavy atom. The van der Waals surface area contributed by atoms with E-state index in [9.17, 15) is 14.7 Å². The van der Waals surface area contributed by atoms with Crippen molar-refractivity contribution in [1.29, 1.82) is 0 Å². The van der Waals surface area contributed by atoms with Crippen molar-refractivity contribution in [3.63, 3.8) is 0 Å².